The number of nitrogens with zero attached hydrogens (tertiary/aromatic N) is 1. The van der Waals surface area contributed by atoms with Crippen LogP contribution >= 0.6 is 27.3 Å². The lowest BCUT2D eigenvalue weighted by Crippen LogP contribution is -2.33. The first kappa shape index (κ1) is 15.9. The third kappa shape index (κ3) is 3.37. The van der Waals surface area contributed by atoms with Gasteiger partial charge in [0.1, 0.15) is 4.90 Å². The summed E-state index contributed by atoms with van der Waals surface area (Å²) in [5.41, 5.74) is 0. The minimum atomic E-state index is -3.38. The SMILES string of the molecule is CC1CC(C)N(S(=O)(=O)c2cc(CNC3CC3)sc2Br)C1. The van der Waals surface area contributed by atoms with E-state index in [1.165, 1.54) is 24.2 Å². The molecule has 21 heavy (non-hydrogen) atoms. The van der Waals surface area contributed by atoms with Crippen molar-refractivity contribution in [2.75, 3.05) is 6.54 Å². The molecule has 2 unspecified atom stereocenters. The van der Waals surface area contributed by atoms with Crippen LogP contribution in [-0.2, 0) is 16.6 Å². The summed E-state index contributed by atoms with van der Waals surface area (Å²) in [6.07, 6.45) is 3.42. The normalized spacial score (nSPS) is 27.4. The Labute approximate surface area is 139 Å². The highest BCUT2D eigenvalue weighted by Gasteiger charge is 2.37. The van der Waals surface area contributed by atoms with Gasteiger partial charge in [0.2, 0.25) is 10.0 Å². The predicted molar refractivity (Wildman–Crippen MR) is 89.0 cm³/mol. The summed E-state index contributed by atoms with van der Waals surface area (Å²) < 4.78 is 28.1. The lowest BCUT2D eigenvalue weighted by atomic mass is 10.1. The van der Waals surface area contributed by atoms with Crippen molar-refractivity contribution in [2.24, 2.45) is 5.92 Å². The summed E-state index contributed by atoms with van der Waals surface area (Å²) >= 11 is 4.96. The van der Waals surface area contributed by atoms with Crippen LogP contribution in [0.3, 0.4) is 0 Å². The van der Waals surface area contributed by atoms with Gasteiger partial charge in [0, 0.05) is 30.1 Å². The Morgan fingerprint density at radius 2 is 2.14 bits per heavy atom. The molecule has 2 atom stereocenters. The molecule has 7 heteroatoms. The van der Waals surface area contributed by atoms with Crippen molar-refractivity contribution in [3.63, 3.8) is 0 Å². The van der Waals surface area contributed by atoms with Crippen molar-refractivity contribution in [2.45, 2.75) is 56.6 Å². The summed E-state index contributed by atoms with van der Waals surface area (Å²) in [6.45, 7) is 5.49. The number of thiophene rings is 1. The highest BCUT2D eigenvalue weighted by Crippen LogP contribution is 2.37. The third-order valence-electron chi connectivity index (χ3n) is 4.16. The second kappa shape index (κ2) is 5.92. The van der Waals surface area contributed by atoms with E-state index in [1.807, 2.05) is 13.0 Å². The largest absolute Gasteiger partial charge is 0.309 e. The second-order valence-corrected chi connectivity index (χ2v) is 10.6. The number of nitrogens with one attached hydrogen (secondary N) is 1. The van der Waals surface area contributed by atoms with E-state index in [0.29, 0.717) is 23.4 Å². The topological polar surface area (TPSA) is 49.4 Å². The molecule has 1 aromatic rings. The van der Waals surface area contributed by atoms with Gasteiger partial charge < -0.3 is 5.32 Å². The van der Waals surface area contributed by atoms with Gasteiger partial charge in [-0.1, -0.05) is 6.92 Å². The molecule has 0 bridgehead atoms. The van der Waals surface area contributed by atoms with Crippen molar-refractivity contribution in [3.8, 4) is 0 Å². The maximum Gasteiger partial charge on any atom is 0.245 e. The van der Waals surface area contributed by atoms with Gasteiger partial charge in [-0.05, 0) is 54.1 Å². The molecule has 0 aromatic carbocycles. The molecule has 2 fully saturated rings. The summed E-state index contributed by atoms with van der Waals surface area (Å²) in [5.74, 6) is 0.434. The van der Waals surface area contributed by atoms with Crippen LogP contribution in [0.4, 0.5) is 0 Å². The Hall–Kier alpha value is 0.0500. The molecular weight excluding hydrogens is 372 g/mol. The van der Waals surface area contributed by atoms with E-state index in [0.717, 1.165) is 21.6 Å². The summed E-state index contributed by atoms with van der Waals surface area (Å²) in [6, 6.07) is 2.55. The van der Waals surface area contributed by atoms with Crippen LogP contribution in [0.1, 0.15) is 38.0 Å². The molecule has 1 aliphatic carbocycles. The van der Waals surface area contributed by atoms with E-state index in [1.54, 1.807) is 4.31 Å². The first-order valence-corrected chi connectivity index (χ1v) is 10.5. The molecule has 3 rings (SSSR count). The van der Waals surface area contributed by atoms with Crippen LogP contribution in [0, 0.1) is 5.92 Å². The molecule has 0 amide bonds. The van der Waals surface area contributed by atoms with Crippen LogP contribution < -0.4 is 5.32 Å². The van der Waals surface area contributed by atoms with Crippen molar-refractivity contribution >= 4 is 37.3 Å². The average molecular weight is 393 g/mol. The molecule has 4 nitrogen and oxygen atoms in total. The van der Waals surface area contributed by atoms with Gasteiger partial charge in [0.05, 0.1) is 3.79 Å². The molecule has 1 aromatic heterocycles. The summed E-state index contributed by atoms with van der Waals surface area (Å²) in [7, 11) is -3.38. The Balaban J connectivity index is 1.81. The zero-order chi connectivity index (χ0) is 15.2. The maximum absolute atomic E-state index is 12.9. The minimum Gasteiger partial charge on any atom is -0.309 e. The number of halogens is 1. The quantitative estimate of drug-likeness (QED) is 0.836. The van der Waals surface area contributed by atoms with Gasteiger partial charge in [0.25, 0.3) is 0 Å². The Kier molecular flexibility index (Phi) is 4.49. The highest BCUT2D eigenvalue weighted by atomic mass is 79.9. The van der Waals surface area contributed by atoms with Crippen LogP contribution in [0.5, 0.6) is 0 Å². The van der Waals surface area contributed by atoms with E-state index >= 15 is 0 Å². The fraction of sp³-hybridized carbons (Fsp3) is 0.714. The fourth-order valence-corrected chi connectivity index (χ4v) is 7.26. The predicted octanol–water partition coefficient (Wildman–Crippen LogP) is 3.18. The number of hydrogen-bond acceptors (Lipinski definition) is 4. The first-order chi connectivity index (χ1) is 9.88. The second-order valence-electron chi connectivity index (χ2n) is 6.27. The van der Waals surface area contributed by atoms with Gasteiger partial charge in [-0.3, -0.25) is 0 Å². The van der Waals surface area contributed by atoms with E-state index in [2.05, 4.69) is 28.2 Å². The zero-order valence-electron chi connectivity index (χ0n) is 12.3. The van der Waals surface area contributed by atoms with Gasteiger partial charge >= 0.3 is 0 Å². The van der Waals surface area contributed by atoms with Crippen LogP contribution in [0.2, 0.25) is 0 Å². The minimum absolute atomic E-state index is 0.0878. The van der Waals surface area contributed by atoms with E-state index in [-0.39, 0.29) is 6.04 Å². The standard InChI is InChI=1S/C14H21BrN2O2S2/c1-9-5-10(2)17(8-9)21(18,19)13-6-12(20-14(13)15)7-16-11-3-4-11/h6,9-11,16H,3-5,7-8H2,1-2H3. The summed E-state index contributed by atoms with van der Waals surface area (Å²) in [4.78, 5) is 1.51. The molecule has 2 aliphatic rings. The van der Waals surface area contributed by atoms with Crippen LogP contribution in [0.25, 0.3) is 0 Å². The van der Waals surface area contributed by atoms with E-state index in [9.17, 15) is 8.42 Å². The zero-order valence-corrected chi connectivity index (χ0v) is 15.5. The first-order valence-electron chi connectivity index (χ1n) is 7.41. The molecule has 1 N–H and O–H groups in total. The monoisotopic (exact) mass is 392 g/mol. The molecule has 0 radical (unpaired) electrons. The van der Waals surface area contributed by atoms with E-state index in [4.69, 9.17) is 0 Å². The molecule has 1 saturated carbocycles. The molecular formula is C14H21BrN2O2S2. The number of sulfonamides is 1. The molecule has 0 spiro atoms. The Morgan fingerprint density at radius 3 is 2.71 bits per heavy atom. The van der Waals surface area contributed by atoms with Crippen LogP contribution in [-0.4, -0.2) is 31.4 Å². The van der Waals surface area contributed by atoms with Crippen molar-refractivity contribution < 1.29 is 8.42 Å². The van der Waals surface area contributed by atoms with E-state index < -0.39 is 10.0 Å². The molecule has 1 saturated heterocycles. The maximum atomic E-state index is 12.9. The highest BCUT2D eigenvalue weighted by molar-refractivity contribution is 9.11. The molecule has 2 heterocycles. The smallest absolute Gasteiger partial charge is 0.245 e. The summed E-state index contributed by atoms with van der Waals surface area (Å²) in [5, 5.41) is 3.43. The van der Waals surface area contributed by atoms with Gasteiger partial charge in [-0.25, -0.2) is 8.42 Å². The lowest BCUT2D eigenvalue weighted by Gasteiger charge is -2.20. The average Bonchev–Trinajstić information content (AvgIpc) is 3.06. The Morgan fingerprint density at radius 1 is 1.43 bits per heavy atom. The fourth-order valence-electron chi connectivity index (χ4n) is 2.92. The van der Waals surface area contributed by atoms with Crippen molar-refractivity contribution in [1.82, 2.24) is 9.62 Å². The number of rotatable bonds is 5. The Bertz CT molecular complexity index is 625. The number of hydrogen-bond donors (Lipinski definition) is 1. The molecule has 1 aliphatic heterocycles. The van der Waals surface area contributed by atoms with Gasteiger partial charge in [-0.15, -0.1) is 11.3 Å². The lowest BCUT2D eigenvalue weighted by molar-refractivity contribution is 0.405. The van der Waals surface area contributed by atoms with Crippen molar-refractivity contribution in [1.29, 1.82) is 0 Å². The molecule has 118 valence electrons. The van der Waals surface area contributed by atoms with Gasteiger partial charge in [-0.2, -0.15) is 4.31 Å². The van der Waals surface area contributed by atoms with Gasteiger partial charge in [0.15, 0.2) is 0 Å². The van der Waals surface area contributed by atoms with Crippen molar-refractivity contribution in [3.05, 3.63) is 14.7 Å². The third-order valence-corrected chi connectivity index (χ3v) is 8.39. The van der Waals surface area contributed by atoms with Crippen LogP contribution in [0.15, 0.2) is 14.7 Å².